The lowest BCUT2D eigenvalue weighted by Gasteiger charge is -2.31. The molecule has 1 aliphatic carbocycles. The molecule has 2 aliphatic rings. The Morgan fingerprint density at radius 3 is 2.42 bits per heavy atom. The number of hydrogen-bond acceptors (Lipinski definition) is 5. The van der Waals surface area contributed by atoms with Crippen LogP contribution in [0.3, 0.4) is 0 Å². The van der Waals surface area contributed by atoms with E-state index >= 15 is 0 Å². The minimum atomic E-state index is -0.693. The standard InChI is InChI=1S/C30H37F2NO5/c1-30(2,3)38-28(34)17-23-16-26(32)27(18-25(23)31)36-14-11-22-15-24(22)21-9-12-33(13-10-21)29(35)37-19-20-7-5-4-6-8-20/h4-8,16,18,21-22,24H,9-15,17,19H2,1-3H3/t22?,24-/m1/s1. The van der Waals surface area contributed by atoms with Crippen molar-refractivity contribution < 1.29 is 32.6 Å². The van der Waals surface area contributed by atoms with Crippen molar-refractivity contribution in [3.05, 3.63) is 65.2 Å². The van der Waals surface area contributed by atoms with Crippen molar-refractivity contribution in [1.82, 2.24) is 4.90 Å². The molecule has 0 bridgehead atoms. The van der Waals surface area contributed by atoms with Crippen molar-refractivity contribution in [3.8, 4) is 5.75 Å². The monoisotopic (exact) mass is 529 g/mol. The number of benzene rings is 2. The van der Waals surface area contributed by atoms with E-state index in [0.717, 1.165) is 43.4 Å². The highest BCUT2D eigenvalue weighted by Crippen LogP contribution is 2.49. The molecule has 0 N–H and O–H groups in total. The molecule has 0 aromatic heterocycles. The first-order valence-electron chi connectivity index (χ1n) is 13.4. The topological polar surface area (TPSA) is 65.1 Å². The number of rotatable bonds is 9. The highest BCUT2D eigenvalue weighted by atomic mass is 19.1. The number of hydrogen-bond donors (Lipinski definition) is 0. The van der Waals surface area contributed by atoms with Crippen LogP contribution in [0.1, 0.15) is 57.6 Å². The number of carbonyl (C=O) groups is 2. The lowest BCUT2D eigenvalue weighted by atomic mass is 9.91. The first-order chi connectivity index (χ1) is 18.1. The van der Waals surface area contributed by atoms with Crippen LogP contribution in [-0.4, -0.2) is 42.3 Å². The molecule has 4 rings (SSSR count). The predicted octanol–water partition coefficient (Wildman–Crippen LogP) is 6.30. The lowest BCUT2D eigenvalue weighted by Crippen LogP contribution is -2.39. The van der Waals surface area contributed by atoms with Gasteiger partial charge >= 0.3 is 12.1 Å². The van der Waals surface area contributed by atoms with Gasteiger partial charge < -0.3 is 19.1 Å². The van der Waals surface area contributed by atoms with Gasteiger partial charge in [-0.1, -0.05) is 30.3 Å². The van der Waals surface area contributed by atoms with E-state index in [1.165, 1.54) is 0 Å². The Kier molecular flexibility index (Phi) is 8.90. The maximum absolute atomic E-state index is 14.5. The molecule has 2 fully saturated rings. The second-order valence-corrected chi connectivity index (χ2v) is 11.3. The largest absolute Gasteiger partial charge is 0.490 e. The van der Waals surface area contributed by atoms with Gasteiger partial charge in [0.1, 0.15) is 18.0 Å². The first kappa shape index (κ1) is 27.9. The molecule has 8 heteroatoms. The fourth-order valence-electron chi connectivity index (χ4n) is 5.17. The van der Waals surface area contributed by atoms with Gasteiger partial charge in [0, 0.05) is 24.7 Å². The molecule has 1 heterocycles. The van der Waals surface area contributed by atoms with Gasteiger partial charge in [-0.15, -0.1) is 0 Å². The number of ether oxygens (including phenoxy) is 3. The summed E-state index contributed by atoms with van der Waals surface area (Å²) < 4.78 is 45.1. The minimum Gasteiger partial charge on any atom is -0.490 e. The molecule has 1 aliphatic heterocycles. The molecule has 2 aromatic rings. The second-order valence-electron chi connectivity index (χ2n) is 11.3. The Hall–Kier alpha value is -3.16. The average Bonchev–Trinajstić information content (AvgIpc) is 3.64. The van der Waals surface area contributed by atoms with Gasteiger partial charge in [-0.05, 0) is 75.8 Å². The highest BCUT2D eigenvalue weighted by Gasteiger charge is 2.43. The molecule has 2 atom stereocenters. The molecule has 38 heavy (non-hydrogen) atoms. The van der Waals surface area contributed by atoms with Crippen LogP contribution in [0, 0.1) is 29.4 Å². The summed E-state index contributed by atoms with van der Waals surface area (Å²) >= 11 is 0. The van der Waals surface area contributed by atoms with Crippen molar-refractivity contribution in [2.75, 3.05) is 19.7 Å². The maximum Gasteiger partial charge on any atom is 0.410 e. The summed E-state index contributed by atoms with van der Waals surface area (Å²) in [5, 5.41) is 0. The Labute approximate surface area is 223 Å². The minimum absolute atomic E-state index is 0.0540. The normalized spacial score (nSPS) is 19.7. The Balaban J connectivity index is 1.15. The number of piperidine rings is 1. The van der Waals surface area contributed by atoms with E-state index in [2.05, 4.69) is 0 Å². The molecule has 0 radical (unpaired) electrons. The molecule has 2 aromatic carbocycles. The molecule has 0 spiro atoms. The quantitative estimate of drug-likeness (QED) is 0.357. The molecule has 1 saturated heterocycles. The number of carbonyl (C=O) groups excluding carboxylic acids is 2. The maximum atomic E-state index is 14.5. The van der Waals surface area contributed by atoms with E-state index in [1.807, 2.05) is 30.3 Å². The van der Waals surface area contributed by atoms with Gasteiger partial charge in [0.15, 0.2) is 11.6 Å². The third kappa shape index (κ3) is 7.92. The van der Waals surface area contributed by atoms with E-state index in [9.17, 15) is 18.4 Å². The van der Waals surface area contributed by atoms with Gasteiger partial charge in [-0.2, -0.15) is 0 Å². The van der Waals surface area contributed by atoms with Crippen molar-refractivity contribution in [3.63, 3.8) is 0 Å². The zero-order valence-electron chi connectivity index (χ0n) is 22.4. The number of amides is 1. The fourth-order valence-corrected chi connectivity index (χ4v) is 5.17. The van der Waals surface area contributed by atoms with E-state index in [1.54, 1.807) is 25.7 Å². The second kappa shape index (κ2) is 12.1. The van der Waals surface area contributed by atoms with Gasteiger partial charge in [-0.3, -0.25) is 4.79 Å². The van der Waals surface area contributed by atoms with Crippen LogP contribution in [0.15, 0.2) is 42.5 Å². The van der Waals surface area contributed by atoms with Crippen LogP contribution < -0.4 is 4.74 Å². The van der Waals surface area contributed by atoms with E-state index in [4.69, 9.17) is 14.2 Å². The third-order valence-electron chi connectivity index (χ3n) is 7.19. The van der Waals surface area contributed by atoms with E-state index in [0.29, 0.717) is 37.5 Å². The zero-order valence-corrected chi connectivity index (χ0v) is 22.4. The SMILES string of the molecule is CC(C)(C)OC(=O)Cc1cc(F)c(OCCC2C[C@@H]2C2CCN(C(=O)OCc3ccccc3)CC2)cc1F. The van der Waals surface area contributed by atoms with E-state index in [-0.39, 0.29) is 30.4 Å². The van der Waals surface area contributed by atoms with Gasteiger partial charge in [0.25, 0.3) is 0 Å². The summed E-state index contributed by atoms with van der Waals surface area (Å²) in [6.45, 7) is 7.12. The average molecular weight is 530 g/mol. The van der Waals surface area contributed by atoms with Crippen LogP contribution in [-0.2, 0) is 27.3 Å². The van der Waals surface area contributed by atoms with Gasteiger partial charge in [0.05, 0.1) is 13.0 Å². The zero-order chi connectivity index (χ0) is 27.3. The molecule has 1 amide bonds. The van der Waals surface area contributed by atoms with Crippen LogP contribution in [0.4, 0.5) is 13.6 Å². The van der Waals surface area contributed by atoms with Crippen molar-refractivity contribution >= 4 is 12.1 Å². The molecular formula is C30H37F2NO5. The smallest absolute Gasteiger partial charge is 0.410 e. The van der Waals surface area contributed by atoms with Crippen LogP contribution in [0.5, 0.6) is 5.75 Å². The summed E-state index contributed by atoms with van der Waals surface area (Å²) in [5.41, 5.74) is 0.223. The number of esters is 1. The summed E-state index contributed by atoms with van der Waals surface area (Å²) in [6, 6.07) is 11.7. The fraction of sp³-hybridized carbons (Fsp3) is 0.533. The lowest BCUT2D eigenvalue weighted by molar-refractivity contribution is -0.154. The predicted molar refractivity (Wildman–Crippen MR) is 139 cm³/mol. The number of nitrogens with zero attached hydrogens (tertiary/aromatic N) is 1. The van der Waals surface area contributed by atoms with Crippen LogP contribution in [0.25, 0.3) is 0 Å². The first-order valence-corrected chi connectivity index (χ1v) is 13.4. The summed E-state index contributed by atoms with van der Waals surface area (Å²) in [4.78, 5) is 26.1. The Bertz CT molecular complexity index is 1110. The number of likely N-dealkylation sites (tertiary alicyclic amines) is 1. The van der Waals surface area contributed by atoms with Crippen LogP contribution >= 0.6 is 0 Å². The van der Waals surface area contributed by atoms with E-state index < -0.39 is 23.2 Å². The summed E-state index contributed by atoms with van der Waals surface area (Å²) in [5.74, 6) is -0.502. The van der Waals surface area contributed by atoms with Crippen molar-refractivity contribution in [2.24, 2.45) is 17.8 Å². The van der Waals surface area contributed by atoms with Gasteiger partial charge in [-0.25, -0.2) is 13.6 Å². The molecule has 206 valence electrons. The third-order valence-corrected chi connectivity index (χ3v) is 7.19. The Morgan fingerprint density at radius 2 is 1.74 bits per heavy atom. The summed E-state index contributed by atoms with van der Waals surface area (Å²) in [6.07, 6.45) is 3.15. The molecule has 1 saturated carbocycles. The molecule has 6 nitrogen and oxygen atoms in total. The van der Waals surface area contributed by atoms with Crippen LogP contribution in [0.2, 0.25) is 0 Å². The molecular weight excluding hydrogens is 492 g/mol. The molecule has 1 unspecified atom stereocenters. The summed E-state index contributed by atoms with van der Waals surface area (Å²) in [7, 11) is 0. The van der Waals surface area contributed by atoms with Gasteiger partial charge in [0.2, 0.25) is 0 Å². The number of halogens is 2. The van der Waals surface area contributed by atoms with Crippen molar-refractivity contribution in [1.29, 1.82) is 0 Å². The Morgan fingerprint density at radius 1 is 1.03 bits per heavy atom. The van der Waals surface area contributed by atoms with Crippen molar-refractivity contribution in [2.45, 2.75) is 65.1 Å². The highest BCUT2D eigenvalue weighted by molar-refractivity contribution is 5.73.